The van der Waals surface area contributed by atoms with Crippen LogP contribution in [0.1, 0.15) is 32.6 Å². The van der Waals surface area contributed by atoms with Crippen LogP contribution in [0.15, 0.2) is 0 Å². The van der Waals surface area contributed by atoms with Gasteiger partial charge in [0.05, 0.1) is 5.60 Å². The molecular formula is C9H19NO. The molecule has 0 amide bonds. The number of likely N-dealkylation sites (tertiary alicyclic amines) is 1. The molecule has 11 heavy (non-hydrogen) atoms. The van der Waals surface area contributed by atoms with Gasteiger partial charge < -0.3 is 10.0 Å². The van der Waals surface area contributed by atoms with E-state index in [-0.39, 0.29) is 0 Å². The van der Waals surface area contributed by atoms with E-state index in [1.807, 2.05) is 6.92 Å². The summed E-state index contributed by atoms with van der Waals surface area (Å²) in [5.74, 6) is 0. The molecule has 0 bridgehead atoms. The van der Waals surface area contributed by atoms with Crippen molar-refractivity contribution in [3.05, 3.63) is 0 Å². The molecule has 0 aromatic carbocycles. The average molecular weight is 157 g/mol. The van der Waals surface area contributed by atoms with Gasteiger partial charge in [-0.1, -0.05) is 0 Å². The highest BCUT2D eigenvalue weighted by atomic mass is 16.3. The zero-order valence-corrected chi connectivity index (χ0v) is 7.64. The molecule has 0 aromatic heterocycles. The van der Waals surface area contributed by atoms with Crippen molar-refractivity contribution < 1.29 is 5.11 Å². The first-order chi connectivity index (χ1) is 5.10. The predicted molar refractivity (Wildman–Crippen MR) is 46.6 cm³/mol. The Morgan fingerprint density at radius 3 is 2.64 bits per heavy atom. The molecule has 1 rings (SSSR count). The highest BCUT2D eigenvalue weighted by molar-refractivity contribution is 4.76. The third-order valence-corrected chi connectivity index (χ3v) is 2.54. The third-order valence-electron chi connectivity index (χ3n) is 2.54. The first kappa shape index (κ1) is 9.01. The molecule has 2 nitrogen and oxygen atoms in total. The van der Waals surface area contributed by atoms with Gasteiger partial charge in [0.1, 0.15) is 0 Å². The Labute approximate surface area is 69.2 Å². The normalized spacial score (nSPS) is 36.3. The molecule has 1 heterocycles. The summed E-state index contributed by atoms with van der Waals surface area (Å²) in [5, 5.41) is 9.77. The van der Waals surface area contributed by atoms with E-state index in [2.05, 4.69) is 11.9 Å². The lowest BCUT2D eigenvalue weighted by atomic mass is 9.93. The molecule has 1 unspecified atom stereocenters. The lowest BCUT2D eigenvalue weighted by molar-refractivity contribution is 0.0232. The van der Waals surface area contributed by atoms with E-state index in [0.29, 0.717) is 0 Å². The second-order valence-corrected chi connectivity index (χ2v) is 4.01. The zero-order chi connectivity index (χ0) is 8.32. The fourth-order valence-corrected chi connectivity index (χ4v) is 1.56. The number of nitrogens with zero attached hydrogens (tertiary/aromatic N) is 1. The largest absolute Gasteiger partial charge is 0.390 e. The first-order valence-corrected chi connectivity index (χ1v) is 4.51. The molecule has 1 aliphatic rings. The van der Waals surface area contributed by atoms with Crippen molar-refractivity contribution in [1.29, 1.82) is 0 Å². The molecule has 1 aliphatic heterocycles. The number of rotatable bonds is 0. The molecule has 1 N–H and O–H groups in total. The van der Waals surface area contributed by atoms with Crippen molar-refractivity contribution in [2.24, 2.45) is 0 Å². The summed E-state index contributed by atoms with van der Waals surface area (Å²) in [4.78, 5) is 2.30. The minimum atomic E-state index is -0.408. The molecule has 0 aliphatic carbocycles. The van der Waals surface area contributed by atoms with Crippen LogP contribution >= 0.6 is 0 Å². The Hall–Kier alpha value is -0.0800. The van der Waals surface area contributed by atoms with Crippen molar-refractivity contribution in [3.8, 4) is 0 Å². The van der Waals surface area contributed by atoms with Gasteiger partial charge in [0.2, 0.25) is 0 Å². The minimum Gasteiger partial charge on any atom is -0.390 e. The molecule has 0 saturated carbocycles. The van der Waals surface area contributed by atoms with Crippen LogP contribution in [0.5, 0.6) is 0 Å². The van der Waals surface area contributed by atoms with Crippen molar-refractivity contribution in [1.82, 2.24) is 4.90 Å². The van der Waals surface area contributed by atoms with Crippen molar-refractivity contribution >= 4 is 0 Å². The molecule has 1 saturated heterocycles. The number of hydrogen-bond donors (Lipinski definition) is 1. The van der Waals surface area contributed by atoms with Gasteiger partial charge >= 0.3 is 0 Å². The van der Waals surface area contributed by atoms with Gasteiger partial charge in [-0.2, -0.15) is 0 Å². The maximum absolute atomic E-state index is 9.77. The standard InChI is InChI=1S/C9H19NO/c1-9(11)5-3-4-7-10(2)8-6-9/h11H,3-8H2,1-2H3. The summed E-state index contributed by atoms with van der Waals surface area (Å²) >= 11 is 0. The van der Waals surface area contributed by atoms with Crippen LogP contribution in [0.4, 0.5) is 0 Å². The topological polar surface area (TPSA) is 23.5 Å². The SMILES string of the molecule is CN1CCCCC(C)(O)CC1. The number of aliphatic hydroxyl groups is 1. The van der Waals surface area contributed by atoms with Crippen LogP contribution in [-0.2, 0) is 0 Å². The van der Waals surface area contributed by atoms with Gasteiger partial charge in [0.15, 0.2) is 0 Å². The monoisotopic (exact) mass is 157 g/mol. The lowest BCUT2D eigenvalue weighted by Gasteiger charge is -2.29. The molecule has 2 heteroatoms. The maximum Gasteiger partial charge on any atom is 0.0632 e. The third kappa shape index (κ3) is 3.21. The summed E-state index contributed by atoms with van der Waals surface area (Å²) in [6.45, 7) is 4.18. The summed E-state index contributed by atoms with van der Waals surface area (Å²) < 4.78 is 0. The maximum atomic E-state index is 9.77. The highest BCUT2D eigenvalue weighted by Gasteiger charge is 2.21. The predicted octanol–water partition coefficient (Wildman–Crippen LogP) is 1.24. The van der Waals surface area contributed by atoms with Crippen molar-refractivity contribution in [2.75, 3.05) is 20.1 Å². The van der Waals surface area contributed by atoms with E-state index < -0.39 is 5.60 Å². The smallest absolute Gasteiger partial charge is 0.0632 e. The fourth-order valence-electron chi connectivity index (χ4n) is 1.56. The van der Waals surface area contributed by atoms with Crippen LogP contribution < -0.4 is 0 Å². The van der Waals surface area contributed by atoms with Gasteiger partial charge in [-0.3, -0.25) is 0 Å². The molecule has 66 valence electrons. The van der Waals surface area contributed by atoms with E-state index in [1.165, 1.54) is 13.0 Å². The highest BCUT2D eigenvalue weighted by Crippen LogP contribution is 2.20. The van der Waals surface area contributed by atoms with Crippen molar-refractivity contribution in [3.63, 3.8) is 0 Å². The fraction of sp³-hybridized carbons (Fsp3) is 1.00. The van der Waals surface area contributed by atoms with Gasteiger partial charge in [0.25, 0.3) is 0 Å². The zero-order valence-electron chi connectivity index (χ0n) is 7.64. The van der Waals surface area contributed by atoms with E-state index in [9.17, 15) is 5.11 Å². The summed E-state index contributed by atoms with van der Waals surface area (Å²) in [5.41, 5.74) is -0.408. The van der Waals surface area contributed by atoms with Crippen LogP contribution in [0.3, 0.4) is 0 Å². The Bertz CT molecular complexity index is 123. The summed E-state index contributed by atoms with van der Waals surface area (Å²) in [7, 11) is 2.13. The van der Waals surface area contributed by atoms with Gasteiger partial charge in [-0.25, -0.2) is 0 Å². The molecule has 1 atom stereocenters. The second kappa shape index (κ2) is 3.55. The van der Waals surface area contributed by atoms with Gasteiger partial charge in [-0.05, 0) is 46.2 Å². The van der Waals surface area contributed by atoms with Crippen LogP contribution in [0, 0.1) is 0 Å². The van der Waals surface area contributed by atoms with Crippen LogP contribution in [0.2, 0.25) is 0 Å². The Balaban J connectivity index is 2.38. The first-order valence-electron chi connectivity index (χ1n) is 4.51. The number of hydrogen-bond acceptors (Lipinski definition) is 2. The molecule has 0 aromatic rings. The Morgan fingerprint density at radius 2 is 1.91 bits per heavy atom. The molecule has 0 spiro atoms. The van der Waals surface area contributed by atoms with Gasteiger partial charge in [-0.15, -0.1) is 0 Å². The summed E-state index contributed by atoms with van der Waals surface area (Å²) in [6, 6.07) is 0. The van der Waals surface area contributed by atoms with E-state index >= 15 is 0 Å². The van der Waals surface area contributed by atoms with Gasteiger partial charge in [0, 0.05) is 6.54 Å². The molecule has 1 fully saturated rings. The van der Waals surface area contributed by atoms with Crippen LogP contribution in [-0.4, -0.2) is 35.7 Å². The quantitative estimate of drug-likeness (QED) is 0.572. The average Bonchev–Trinajstić information content (AvgIpc) is 1.92. The van der Waals surface area contributed by atoms with E-state index in [4.69, 9.17) is 0 Å². The Kier molecular flexibility index (Phi) is 2.90. The summed E-state index contributed by atoms with van der Waals surface area (Å²) in [6.07, 6.45) is 4.29. The molecular weight excluding hydrogens is 138 g/mol. The second-order valence-electron chi connectivity index (χ2n) is 4.01. The van der Waals surface area contributed by atoms with E-state index in [0.717, 1.165) is 25.8 Å². The van der Waals surface area contributed by atoms with Crippen molar-refractivity contribution in [2.45, 2.75) is 38.2 Å². The van der Waals surface area contributed by atoms with Crippen LogP contribution in [0.25, 0.3) is 0 Å². The lowest BCUT2D eigenvalue weighted by Crippen LogP contribution is -2.34. The molecule has 0 radical (unpaired) electrons. The van der Waals surface area contributed by atoms with E-state index in [1.54, 1.807) is 0 Å². The minimum absolute atomic E-state index is 0.408. The Morgan fingerprint density at radius 1 is 1.18 bits per heavy atom.